The maximum Gasteiger partial charge on any atom is 0.231 e. The second-order valence-corrected chi connectivity index (χ2v) is 7.39. The summed E-state index contributed by atoms with van der Waals surface area (Å²) in [5, 5.41) is 4.74. The maximum absolute atomic E-state index is 12.4. The van der Waals surface area contributed by atoms with Gasteiger partial charge >= 0.3 is 0 Å². The number of carbonyl (C=O) groups excluding carboxylic acids is 1. The summed E-state index contributed by atoms with van der Waals surface area (Å²) in [6.45, 7) is 3.68. The van der Waals surface area contributed by atoms with E-state index in [0.29, 0.717) is 29.7 Å². The van der Waals surface area contributed by atoms with Gasteiger partial charge in [-0.05, 0) is 31.4 Å². The van der Waals surface area contributed by atoms with Crippen molar-refractivity contribution in [3.63, 3.8) is 0 Å². The Morgan fingerprint density at radius 3 is 3.04 bits per heavy atom. The molecule has 5 nitrogen and oxygen atoms in total. The van der Waals surface area contributed by atoms with Crippen molar-refractivity contribution in [2.75, 3.05) is 13.1 Å². The molecule has 6 heteroatoms. The van der Waals surface area contributed by atoms with Crippen molar-refractivity contribution in [1.29, 1.82) is 0 Å². The van der Waals surface area contributed by atoms with Gasteiger partial charge < -0.3 is 9.42 Å². The van der Waals surface area contributed by atoms with Gasteiger partial charge in [0.25, 0.3) is 0 Å². The SMILES string of the molecule is CCCCCCC(=O)N1CCC[C@H](c2nc(-c3cccc(Cl)c3)no2)C1. The summed E-state index contributed by atoms with van der Waals surface area (Å²) >= 11 is 6.04. The van der Waals surface area contributed by atoms with Crippen LogP contribution >= 0.6 is 11.6 Å². The molecule has 1 aliphatic rings. The van der Waals surface area contributed by atoms with Crippen LogP contribution in [-0.2, 0) is 4.79 Å². The Kier molecular flexibility index (Phi) is 6.67. The van der Waals surface area contributed by atoms with E-state index in [4.69, 9.17) is 16.1 Å². The van der Waals surface area contributed by atoms with Gasteiger partial charge in [0.05, 0.1) is 5.92 Å². The molecule has 1 fully saturated rings. The summed E-state index contributed by atoms with van der Waals surface area (Å²) in [5.41, 5.74) is 0.840. The fourth-order valence-corrected chi connectivity index (χ4v) is 3.60. The van der Waals surface area contributed by atoms with Crippen molar-refractivity contribution in [2.45, 2.75) is 57.8 Å². The minimum absolute atomic E-state index is 0.115. The zero-order chi connectivity index (χ0) is 18.4. The molecule has 140 valence electrons. The largest absolute Gasteiger partial charge is 0.342 e. The Bertz CT molecular complexity index is 731. The van der Waals surface area contributed by atoms with Crippen molar-refractivity contribution >= 4 is 17.5 Å². The summed E-state index contributed by atoms with van der Waals surface area (Å²) in [4.78, 5) is 19.0. The van der Waals surface area contributed by atoms with Gasteiger partial charge in [-0.25, -0.2) is 0 Å². The highest BCUT2D eigenvalue weighted by molar-refractivity contribution is 6.30. The summed E-state index contributed by atoms with van der Waals surface area (Å²) in [7, 11) is 0. The highest BCUT2D eigenvalue weighted by Crippen LogP contribution is 2.28. The molecule has 0 radical (unpaired) electrons. The molecule has 1 atom stereocenters. The van der Waals surface area contributed by atoms with Crippen molar-refractivity contribution in [2.24, 2.45) is 0 Å². The summed E-state index contributed by atoms with van der Waals surface area (Å²) in [6, 6.07) is 7.42. The van der Waals surface area contributed by atoms with E-state index in [9.17, 15) is 4.79 Å². The fourth-order valence-electron chi connectivity index (χ4n) is 3.41. The second kappa shape index (κ2) is 9.17. The summed E-state index contributed by atoms with van der Waals surface area (Å²) in [5.74, 6) is 1.53. The lowest BCUT2D eigenvalue weighted by Gasteiger charge is -2.31. The van der Waals surface area contributed by atoms with Crippen molar-refractivity contribution in [1.82, 2.24) is 15.0 Å². The first-order chi connectivity index (χ1) is 12.7. The van der Waals surface area contributed by atoms with E-state index in [2.05, 4.69) is 17.1 Å². The van der Waals surface area contributed by atoms with Gasteiger partial charge in [-0.1, -0.05) is 55.1 Å². The lowest BCUT2D eigenvalue weighted by molar-refractivity contribution is -0.132. The van der Waals surface area contributed by atoms with Crippen LogP contribution in [0.25, 0.3) is 11.4 Å². The van der Waals surface area contributed by atoms with E-state index < -0.39 is 0 Å². The second-order valence-electron chi connectivity index (χ2n) is 6.96. The molecular formula is C20H26ClN3O2. The molecule has 1 aromatic carbocycles. The molecule has 0 spiro atoms. The number of rotatable bonds is 7. The van der Waals surface area contributed by atoms with Crippen LogP contribution in [0.4, 0.5) is 0 Å². The average molecular weight is 376 g/mol. The predicted molar refractivity (Wildman–Crippen MR) is 102 cm³/mol. The van der Waals surface area contributed by atoms with Crippen LogP contribution in [0, 0.1) is 0 Å². The van der Waals surface area contributed by atoms with E-state index >= 15 is 0 Å². The summed E-state index contributed by atoms with van der Waals surface area (Å²) < 4.78 is 5.50. The minimum atomic E-state index is 0.115. The van der Waals surface area contributed by atoms with Crippen LogP contribution in [0.1, 0.15) is 63.7 Å². The van der Waals surface area contributed by atoms with Crippen LogP contribution in [0.2, 0.25) is 5.02 Å². The zero-order valence-electron chi connectivity index (χ0n) is 15.3. The molecule has 0 aliphatic carbocycles. The van der Waals surface area contributed by atoms with Gasteiger partial charge in [-0.3, -0.25) is 4.79 Å². The number of piperidine rings is 1. The van der Waals surface area contributed by atoms with Crippen molar-refractivity contribution < 1.29 is 9.32 Å². The van der Waals surface area contributed by atoms with E-state index in [1.807, 2.05) is 29.2 Å². The van der Waals surface area contributed by atoms with Crippen molar-refractivity contribution in [3.05, 3.63) is 35.2 Å². The molecule has 2 aromatic rings. The lowest BCUT2D eigenvalue weighted by atomic mass is 9.97. The molecule has 0 N–H and O–H groups in total. The van der Waals surface area contributed by atoms with Crippen LogP contribution in [0.3, 0.4) is 0 Å². The van der Waals surface area contributed by atoms with Gasteiger partial charge in [0.1, 0.15) is 0 Å². The number of nitrogens with zero attached hydrogens (tertiary/aromatic N) is 3. The topological polar surface area (TPSA) is 59.2 Å². The number of carbonyl (C=O) groups is 1. The minimum Gasteiger partial charge on any atom is -0.342 e. The van der Waals surface area contributed by atoms with E-state index in [1.165, 1.54) is 12.8 Å². The van der Waals surface area contributed by atoms with Crippen LogP contribution in [0.5, 0.6) is 0 Å². The number of halogens is 1. The molecule has 0 saturated carbocycles. The molecule has 1 saturated heterocycles. The zero-order valence-corrected chi connectivity index (χ0v) is 16.0. The number of unbranched alkanes of at least 4 members (excludes halogenated alkanes) is 3. The molecule has 1 aliphatic heterocycles. The number of hydrogen-bond donors (Lipinski definition) is 0. The van der Waals surface area contributed by atoms with Crippen LogP contribution in [0.15, 0.2) is 28.8 Å². The third-order valence-electron chi connectivity index (χ3n) is 4.89. The number of benzene rings is 1. The number of amides is 1. The fraction of sp³-hybridized carbons (Fsp3) is 0.550. The predicted octanol–water partition coefficient (Wildman–Crippen LogP) is 5.07. The Hall–Kier alpha value is -1.88. The number of hydrogen-bond acceptors (Lipinski definition) is 4. The molecule has 2 heterocycles. The third-order valence-corrected chi connectivity index (χ3v) is 5.13. The normalized spacial score (nSPS) is 17.5. The quantitative estimate of drug-likeness (QED) is 0.634. The first-order valence-electron chi connectivity index (χ1n) is 9.54. The molecule has 0 unspecified atom stereocenters. The highest BCUT2D eigenvalue weighted by Gasteiger charge is 2.28. The molecule has 0 bridgehead atoms. The van der Waals surface area contributed by atoms with Gasteiger partial charge in [0.2, 0.25) is 17.6 Å². The van der Waals surface area contributed by atoms with Gasteiger partial charge in [-0.15, -0.1) is 0 Å². The Morgan fingerprint density at radius 1 is 1.35 bits per heavy atom. The first-order valence-corrected chi connectivity index (χ1v) is 9.92. The highest BCUT2D eigenvalue weighted by atomic mass is 35.5. The van der Waals surface area contributed by atoms with E-state index in [-0.39, 0.29) is 11.8 Å². The van der Waals surface area contributed by atoms with Crippen LogP contribution < -0.4 is 0 Å². The standard InChI is InChI=1S/C20H26ClN3O2/c1-2-3-4-5-11-18(25)24-12-7-9-16(14-24)20-22-19(23-26-20)15-8-6-10-17(21)13-15/h6,8,10,13,16H,2-5,7,9,11-12,14H2,1H3/t16-/m0/s1. The van der Waals surface area contributed by atoms with Gasteiger partial charge in [-0.2, -0.15) is 4.98 Å². The van der Waals surface area contributed by atoms with E-state index in [0.717, 1.165) is 37.8 Å². The lowest BCUT2D eigenvalue weighted by Crippen LogP contribution is -2.39. The van der Waals surface area contributed by atoms with Gasteiger partial charge in [0.15, 0.2) is 0 Å². The summed E-state index contributed by atoms with van der Waals surface area (Å²) in [6.07, 6.45) is 7.08. The molecule has 3 rings (SSSR count). The van der Waals surface area contributed by atoms with E-state index in [1.54, 1.807) is 0 Å². The smallest absolute Gasteiger partial charge is 0.231 e. The third kappa shape index (κ3) is 4.85. The molecule has 26 heavy (non-hydrogen) atoms. The monoisotopic (exact) mass is 375 g/mol. The Morgan fingerprint density at radius 2 is 2.23 bits per heavy atom. The number of likely N-dealkylation sites (tertiary alicyclic amines) is 1. The molecule has 1 aromatic heterocycles. The van der Waals surface area contributed by atoms with Gasteiger partial charge in [0, 0.05) is 30.1 Å². The average Bonchev–Trinajstić information content (AvgIpc) is 3.15. The van der Waals surface area contributed by atoms with Crippen molar-refractivity contribution in [3.8, 4) is 11.4 Å². The first kappa shape index (κ1) is 18.9. The molecular weight excluding hydrogens is 350 g/mol. The Balaban J connectivity index is 1.60. The Labute approximate surface area is 159 Å². The molecule has 1 amide bonds. The maximum atomic E-state index is 12.4. The van der Waals surface area contributed by atoms with Crippen LogP contribution in [-0.4, -0.2) is 34.0 Å². The number of aromatic nitrogens is 2.